The van der Waals surface area contributed by atoms with Crippen LogP contribution in [0.25, 0.3) is 10.9 Å². The van der Waals surface area contributed by atoms with Gasteiger partial charge in [0.2, 0.25) is 5.91 Å². The lowest BCUT2D eigenvalue weighted by Crippen LogP contribution is -2.53. The van der Waals surface area contributed by atoms with Crippen molar-refractivity contribution in [3.05, 3.63) is 101 Å². The number of anilines is 1. The number of rotatable bonds is 6. The van der Waals surface area contributed by atoms with Gasteiger partial charge < -0.3 is 25.4 Å². The second-order valence-electron chi connectivity index (χ2n) is 12.1. The molecule has 46 heavy (non-hydrogen) atoms. The van der Waals surface area contributed by atoms with Gasteiger partial charge in [0.05, 0.1) is 0 Å². The van der Waals surface area contributed by atoms with E-state index in [0.717, 1.165) is 39.8 Å². The Kier molecular flexibility index (Phi) is 8.75. The topological polar surface area (TPSA) is 97.5 Å². The van der Waals surface area contributed by atoms with Crippen molar-refractivity contribution in [2.75, 3.05) is 25.0 Å². The van der Waals surface area contributed by atoms with Crippen molar-refractivity contribution in [1.29, 1.82) is 0 Å². The molecule has 11 heteroatoms. The maximum atomic E-state index is 13.9. The molecule has 1 fully saturated rings. The summed E-state index contributed by atoms with van der Waals surface area (Å²) in [6.45, 7) is 2.76. The Morgan fingerprint density at radius 2 is 1.61 bits per heavy atom. The van der Waals surface area contributed by atoms with Crippen LogP contribution < -0.4 is 10.6 Å². The number of nitrogens with one attached hydrogen (secondary N) is 3. The molecule has 2 atom stereocenters. The maximum absolute atomic E-state index is 13.9. The van der Waals surface area contributed by atoms with Crippen LogP contribution in [0.4, 0.5) is 23.7 Å². The number of alkyl halides is 3. The quantitative estimate of drug-likeness (QED) is 0.233. The van der Waals surface area contributed by atoms with Crippen molar-refractivity contribution >= 4 is 34.4 Å². The second-order valence-corrected chi connectivity index (χ2v) is 12.1. The molecule has 4 aromatic rings. The molecule has 3 aromatic carbocycles. The van der Waals surface area contributed by atoms with Gasteiger partial charge in [-0.3, -0.25) is 9.59 Å². The average molecular weight is 632 g/mol. The van der Waals surface area contributed by atoms with Gasteiger partial charge in [-0.2, -0.15) is 13.2 Å². The zero-order chi connectivity index (χ0) is 32.4. The van der Waals surface area contributed by atoms with Crippen molar-refractivity contribution in [2.45, 2.75) is 56.8 Å². The number of urea groups is 1. The summed E-state index contributed by atoms with van der Waals surface area (Å²) in [6, 6.07) is 21.7. The number of halogens is 3. The molecular weight excluding hydrogens is 595 g/mol. The number of piperidine rings is 1. The Labute approximate surface area is 264 Å². The van der Waals surface area contributed by atoms with Gasteiger partial charge >= 0.3 is 18.1 Å². The number of benzene rings is 3. The van der Waals surface area contributed by atoms with Gasteiger partial charge in [-0.15, -0.1) is 0 Å². The fraction of sp³-hybridized carbons (Fsp3) is 0.343. The molecule has 8 nitrogen and oxygen atoms in total. The average Bonchev–Trinajstić information content (AvgIpc) is 3.50. The van der Waals surface area contributed by atoms with E-state index in [2.05, 4.69) is 27.8 Å². The van der Waals surface area contributed by atoms with Gasteiger partial charge in [-0.1, -0.05) is 61.5 Å². The summed E-state index contributed by atoms with van der Waals surface area (Å²) < 4.78 is 39.3. The lowest BCUT2D eigenvalue weighted by atomic mass is 9.89. The number of H-pyrrole nitrogens is 1. The lowest BCUT2D eigenvalue weighted by molar-refractivity contribution is -0.186. The molecule has 2 aliphatic rings. The van der Waals surface area contributed by atoms with Crippen LogP contribution in [0.2, 0.25) is 0 Å². The molecule has 0 spiro atoms. The zero-order valence-corrected chi connectivity index (χ0v) is 25.4. The number of carbonyl (C=O) groups excluding carboxylic acids is 3. The molecule has 240 valence electrons. The summed E-state index contributed by atoms with van der Waals surface area (Å²) in [5.41, 5.74) is 4.76. The molecule has 3 N–H and O–H groups in total. The van der Waals surface area contributed by atoms with E-state index in [9.17, 15) is 27.6 Å². The number of hydrogen-bond acceptors (Lipinski definition) is 3. The van der Waals surface area contributed by atoms with E-state index in [0.29, 0.717) is 30.3 Å². The van der Waals surface area contributed by atoms with Crippen LogP contribution in [0.15, 0.2) is 79.0 Å². The zero-order valence-electron chi connectivity index (χ0n) is 25.4. The molecule has 2 unspecified atom stereocenters. The Morgan fingerprint density at radius 1 is 0.891 bits per heavy atom. The molecule has 3 heterocycles. The first-order valence-electron chi connectivity index (χ1n) is 15.5. The number of aromatic amines is 1. The smallest absolute Gasteiger partial charge is 0.361 e. The highest BCUT2D eigenvalue weighted by Crippen LogP contribution is 2.31. The fourth-order valence-electron chi connectivity index (χ4n) is 6.64. The molecule has 0 aliphatic carbocycles. The number of carbonyl (C=O) groups is 3. The third-order valence-corrected chi connectivity index (χ3v) is 9.24. The molecule has 6 rings (SSSR count). The minimum absolute atomic E-state index is 0.0319. The minimum atomic E-state index is -4.95. The Morgan fingerprint density at radius 3 is 2.35 bits per heavy atom. The maximum Gasteiger partial charge on any atom is 0.471 e. The van der Waals surface area contributed by atoms with Gasteiger partial charge in [0.15, 0.2) is 0 Å². The second kappa shape index (κ2) is 12.9. The number of hydrogen-bond donors (Lipinski definition) is 3. The van der Waals surface area contributed by atoms with E-state index < -0.39 is 30.0 Å². The number of para-hydroxylation sites is 1. The Hall–Kier alpha value is -4.80. The van der Waals surface area contributed by atoms with Crippen LogP contribution in [-0.2, 0) is 22.6 Å². The van der Waals surface area contributed by atoms with E-state index in [1.807, 2.05) is 55.6 Å². The summed E-state index contributed by atoms with van der Waals surface area (Å²) in [6.07, 6.45) is -1.20. The molecule has 1 saturated heterocycles. The SMILES string of the molecule is CC(c1c[nH]c2ccccc12)C(NC(=O)N1CCC(c2ccccc2)CC1)C(=O)Nc1ccc2c(c1)CN(C(=O)C(F)(F)F)CC2. The first kappa shape index (κ1) is 31.2. The number of nitrogens with zero attached hydrogens (tertiary/aromatic N) is 2. The highest BCUT2D eigenvalue weighted by atomic mass is 19.4. The lowest BCUT2D eigenvalue weighted by Gasteiger charge is -2.34. The molecular formula is C35H36F3N5O3. The molecule has 2 aliphatic heterocycles. The van der Waals surface area contributed by atoms with Crippen molar-refractivity contribution < 1.29 is 27.6 Å². The summed E-state index contributed by atoms with van der Waals surface area (Å²) in [7, 11) is 0. The van der Waals surface area contributed by atoms with E-state index in [1.54, 1.807) is 23.1 Å². The largest absolute Gasteiger partial charge is 0.471 e. The first-order chi connectivity index (χ1) is 22.1. The van der Waals surface area contributed by atoms with Crippen molar-refractivity contribution in [3.63, 3.8) is 0 Å². The Bertz CT molecular complexity index is 1730. The van der Waals surface area contributed by atoms with Crippen LogP contribution in [0, 0.1) is 0 Å². The number of fused-ring (bicyclic) bond motifs is 2. The van der Waals surface area contributed by atoms with E-state index in [1.165, 1.54) is 5.56 Å². The van der Waals surface area contributed by atoms with Crippen molar-refractivity contribution in [2.24, 2.45) is 0 Å². The Balaban J connectivity index is 1.20. The molecule has 0 radical (unpaired) electrons. The van der Waals surface area contributed by atoms with Crippen LogP contribution in [-0.4, -0.2) is 64.5 Å². The van der Waals surface area contributed by atoms with Gasteiger partial charge in [0, 0.05) is 54.9 Å². The van der Waals surface area contributed by atoms with Gasteiger partial charge in [-0.25, -0.2) is 4.79 Å². The van der Waals surface area contributed by atoms with Crippen molar-refractivity contribution in [1.82, 2.24) is 20.1 Å². The van der Waals surface area contributed by atoms with E-state index >= 15 is 0 Å². The fourth-order valence-corrected chi connectivity index (χ4v) is 6.64. The van der Waals surface area contributed by atoms with Crippen LogP contribution in [0.3, 0.4) is 0 Å². The third-order valence-electron chi connectivity index (χ3n) is 9.24. The number of aromatic nitrogens is 1. The number of amides is 4. The van der Waals surface area contributed by atoms with E-state index in [4.69, 9.17) is 0 Å². The monoisotopic (exact) mass is 631 g/mol. The van der Waals surface area contributed by atoms with Gasteiger partial charge in [0.25, 0.3) is 0 Å². The third kappa shape index (κ3) is 6.59. The molecule has 0 bridgehead atoms. The predicted molar refractivity (Wildman–Crippen MR) is 169 cm³/mol. The predicted octanol–water partition coefficient (Wildman–Crippen LogP) is 6.31. The normalized spacial score (nSPS) is 16.9. The first-order valence-corrected chi connectivity index (χ1v) is 15.5. The summed E-state index contributed by atoms with van der Waals surface area (Å²) in [4.78, 5) is 45.2. The highest BCUT2D eigenvalue weighted by molar-refractivity contribution is 5.98. The van der Waals surface area contributed by atoms with Gasteiger partial charge in [0.1, 0.15) is 6.04 Å². The standard InChI is InChI=1S/C35H36F3N5O3/c1-22(29-20-39-30-10-6-5-9-28(29)30)31(41-34(46)42-16-13-25(14-17-42)23-7-3-2-4-8-23)32(44)40-27-12-11-24-15-18-43(21-26(24)19-27)33(45)35(36,37)38/h2-12,19-20,22,25,31,39H,13-18,21H2,1H3,(H,40,44)(H,41,46). The molecule has 1 aromatic heterocycles. The molecule has 0 saturated carbocycles. The molecule has 4 amide bonds. The van der Waals surface area contributed by atoms with Crippen LogP contribution in [0.5, 0.6) is 0 Å². The van der Waals surface area contributed by atoms with Crippen LogP contribution >= 0.6 is 0 Å². The van der Waals surface area contributed by atoms with Crippen molar-refractivity contribution in [3.8, 4) is 0 Å². The van der Waals surface area contributed by atoms with E-state index in [-0.39, 0.29) is 25.5 Å². The summed E-state index contributed by atoms with van der Waals surface area (Å²) in [5.74, 6) is -2.40. The number of likely N-dealkylation sites (tertiary alicyclic amines) is 1. The minimum Gasteiger partial charge on any atom is -0.361 e. The summed E-state index contributed by atoms with van der Waals surface area (Å²) >= 11 is 0. The highest BCUT2D eigenvalue weighted by Gasteiger charge is 2.43. The van der Waals surface area contributed by atoms with Gasteiger partial charge in [-0.05, 0) is 65.6 Å². The van der Waals surface area contributed by atoms with Crippen LogP contribution in [0.1, 0.15) is 53.9 Å². The summed E-state index contributed by atoms with van der Waals surface area (Å²) in [5, 5.41) is 6.82.